The van der Waals surface area contributed by atoms with Crippen LogP contribution in [0.3, 0.4) is 0 Å². The highest BCUT2D eigenvalue weighted by atomic mass is 16.3. The number of carbonyl (C=O) groups is 1. The highest BCUT2D eigenvalue weighted by Crippen LogP contribution is 2.16. The molecule has 1 heterocycles. The van der Waals surface area contributed by atoms with E-state index in [1.807, 2.05) is 37.3 Å². The summed E-state index contributed by atoms with van der Waals surface area (Å²) < 4.78 is 2.25. The summed E-state index contributed by atoms with van der Waals surface area (Å²) in [5, 5.41) is 13.3. The van der Waals surface area contributed by atoms with Crippen molar-refractivity contribution in [3.05, 3.63) is 66.5 Å². The van der Waals surface area contributed by atoms with Crippen LogP contribution in [0.15, 0.2) is 60.9 Å². The molecule has 1 amide bonds. The van der Waals surface area contributed by atoms with Gasteiger partial charge in [-0.15, -0.1) is 0 Å². The fourth-order valence-corrected chi connectivity index (χ4v) is 3.74. The number of benzene rings is 1. The summed E-state index contributed by atoms with van der Waals surface area (Å²) in [7, 11) is 0. The number of pyridine rings is 1. The van der Waals surface area contributed by atoms with Crippen molar-refractivity contribution in [3.8, 4) is 0 Å². The largest absolute Gasteiger partial charge is 0.386 e. The van der Waals surface area contributed by atoms with Crippen LogP contribution in [0.1, 0.15) is 82.8 Å². The molecule has 0 bridgehead atoms. The number of amides is 1. The van der Waals surface area contributed by atoms with Crippen molar-refractivity contribution in [2.45, 2.75) is 89.8 Å². The van der Waals surface area contributed by atoms with E-state index in [0.717, 1.165) is 24.9 Å². The first kappa shape index (κ1) is 24.1. The molecule has 1 aromatic carbocycles. The van der Waals surface area contributed by atoms with Crippen molar-refractivity contribution in [1.82, 2.24) is 5.32 Å². The molecule has 2 N–H and O–H groups in total. The van der Waals surface area contributed by atoms with E-state index >= 15 is 0 Å². The zero-order chi connectivity index (χ0) is 21.4. The highest BCUT2D eigenvalue weighted by Gasteiger charge is 2.17. The lowest BCUT2D eigenvalue weighted by molar-refractivity contribution is -0.697. The van der Waals surface area contributed by atoms with E-state index in [1.165, 1.54) is 44.9 Å². The Bertz CT molecular complexity index is 691. The van der Waals surface area contributed by atoms with E-state index in [1.54, 1.807) is 0 Å². The molecular formula is C26H39N2O2+. The minimum Gasteiger partial charge on any atom is -0.386 e. The lowest BCUT2D eigenvalue weighted by Gasteiger charge is -2.20. The number of aliphatic hydroxyl groups excluding tert-OH is 1. The molecule has 0 fully saturated rings. The molecule has 0 aliphatic heterocycles. The molecule has 0 aliphatic carbocycles. The first-order chi connectivity index (χ1) is 14.7. The molecule has 0 unspecified atom stereocenters. The van der Waals surface area contributed by atoms with Gasteiger partial charge in [0.1, 0.15) is 6.54 Å². The molecule has 0 saturated carbocycles. The lowest BCUT2D eigenvalue weighted by Crippen LogP contribution is -2.36. The van der Waals surface area contributed by atoms with Gasteiger partial charge in [0.2, 0.25) is 5.91 Å². The highest BCUT2D eigenvalue weighted by molar-refractivity contribution is 5.76. The number of aliphatic hydroxyl groups is 1. The second-order valence-corrected chi connectivity index (χ2v) is 8.26. The summed E-state index contributed by atoms with van der Waals surface area (Å²) in [6, 6.07) is 15.4. The SMILES string of the molecule is C[C@H](NC(=O)CCCCCCCCCCC[n+]1ccccc1)[C@H](O)c1ccccc1. The fraction of sp³-hybridized carbons (Fsp3) is 0.538. The van der Waals surface area contributed by atoms with Gasteiger partial charge in [-0.05, 0) is 25.3 Å². The summed E-state index contributed by atoms with van der Waals surface area (Å²) in [6.07, 6.45) is 15.1. The van der Waals surface area contributed by atoms with E-state index in [4.69, 9.17) is 0 Å². The maximum Gasteiger partial charge on any atom is 0.220 e. The van der Waals surface area contributed by atoms with Crippen LogP contribution in [-0.4, -0.2) is 17.1 Å². The van der Waals surface area contributed by atoms with E-state index in [-0.39, 0.29) is 11.9 Å². The van der Waals surface area contributed by atoms with Crippen LogP contribution in [0.25, 0.3) is 0 Å². The second kappa shape index (κ2) is 14.7. The molecule has 0 spiro atoms. The third-order valence-corrected chi connectivity index (χ3v) is 5.60. The number of nitrogens with one attached hydrogen (secondary N) is 1. The van der Waals surface area contributed by atoms with Gasteiger partial charge in [0.05, 0.1) is 12.1 Å². The van der Waals surface area contributed by atoms with E-state index in [2.05, 4.69) is 40.5 Å². The molecule has 4 heteroatoms. The van der Waals surface area contributed by atoms with E-state index in [9.17, 15) is 9.90 Å². The van der Waals surface area contributed by atoms with Gasteiger partial charge < -0.3 is 10.4 Å². The predicted octanol–water partition coefficient (Wildman–Crippen LogP) is 5.11. The average molecular weight is 412 g/mol. The Kier molecular flexibility index (Phi) is 11.8. The zero-order valence-corrected chi connectivity index (χ0v) is 18.5. The predicted molar refractivity (Wildman–Crippen MR) is 122 cm³/mol. The van der Waals surface area contributed by atoms with Gasteiger partial charge in [-0.25, -0.2) is 4.57 Å². The van der Waals surface area contributed by atoms with Gasteiger partial charge in [0, 0.05) is 25.0 Å². The second-order valence-electron chi connectivity index (χ2n) is 8.26. The molecule has 2 atom stereocenters. The smallest absolute Gasteiger partial charge is 0.220 e. The maximum absolute atomic E-state index is 12.1. The number of aryl methyl sites for hydroxylation is 1. The first-order valence-electron chi connectivity index (χ1n) is 11.6. The van der Waals surface area contributed by atoms with Gasteiger partial charge in [-0.3, -0.25) is 4.79 Å². The van der Waals surface area contributed by atoms with E-state index < -0.39 is 6.10 Å². The topological polar surface area (TPSA) is 53.2 Å². The van der Waals surface area contributed by atoms with Crippen LogP contribution >= 0.6 is 0 Å². The molecular weight excluding hydrogens is 372 g/mol. The minimum absolute atomic E-state index is 0.0359. The lowest BCUT2D eigenvalue weighted by atomic mass is 10.0. The summed E-state index contributed by atoms with van der Waals surface area (Å²) in [5.41, 5.74) is 0.837. The first-order valence-corrected chi connectivity index (χ1v) is 11.6. The Morgan fingerprint density at radius 2 is 1.37 bits per heavy atom. The van der Waals surface area contributed by atoms with Gasteiger partial charge in [-0.1, -0.05) is 74.9 Å². The van der Waals surface area contributed by atoms with Crippen LogP contribution in [-0.2, 0) is 11.3 Å². The Hall–Kier alpha value is -2.20. The van der Waals surface area contributed by atoms with Crippen molar-refractivity contribution in [1.29, 1.82) is 0 Å². The van der Waals surface area contributed by atoms with Gasteiger partial charge in [0.25, 0.3) is 0 Å². The van der Waals surface area contributed by atoms with Crippen molar-refractivity contribution >= 4 is 5.91 Å². The normalized spacial score (nSPS) is 13.0. The van der Waals surface area contributed by atoms with Crippen molar-refractivity contribution in [3.63, 3.8) is 0 Å². The fourth-order valence-electron chi connectivity index (χ4n) is 3.74. The van der Waals surface area contributed by atoms with Gasteiger partial charge in [0.15, 0.2) is 12.4 Å². The molecule has 2 rings (SSSR count). The summed E-state index contributed by atoms with van der Waals surface area (Å²) in [5.74, 6) is 0.0359. The van der Waals surface area contributed by atoms with Crippen molar-refractivity contribution in [2.24, 2.45) is 0 Å². The number of rotatable bonds is 15. The van der Waals surface area contributed by atoms with Crippen molar-refractivity contribution in [2.75, 3.05) is 0 Å². The minimum atomic E-state index is -0.665. The monoisotopic (exact) mass is 411 g/mol. The van der Waals surface area contributed by atoms with Gasteiger partial charge >= 0.3 is 0 Å². The molecule has 1 aromatic heterocycles. The Morgan fingerprint density at radius 3 is 2.00 bits per heavy atom. The summed E-state index contributed by atoms with van der Waals surface area (Å²) in [6.45, 7) is 2.97. The van der Waals surface area contributed by atoms with Crippen LogP contribution in [0.4, 0.5) is 0 Å². The zero-order valence-electron chi connectivity index (χ0n) is 18.5. The maximum atomic E-state index is 12.1. The number of unbranched alkanes of at least 4 members (excludes halogenated alkanes) is 8. The Morgan fingerprint density at radius 1 is 0.833 bits per heavy atom. The van der Waals surface area contributed by atoms with Crippen LogP contribution in [0.5, 0.6) is 0 Å². The summed E-state index contributed by atoms with van der Waals surface area (Å²) in [4.78, 5) is 12.1. The van der Waals surface area contributed by atoms with Crippen molar-refractivity contribution < 1.29 is 14.5 Å². The summed E-state index contributed by atoms with van der Waals surface area (Å²) >= 11 is 0. The molecule has 0 aliphatic rings. The molecule has 4 nitrogen and oxygen atoms in total. The Balaban J connectivity index is 1.40. The number of aromatic nitrogens is 1. The standard InChI is InChI=1S/C26H38N2O2/c1-23(26(30)24-17-11-9-12-18-24)27-25(29)19-13-7-5-3-2-4-6-8-14-20-28-21-15-10-16-22-28/h9-12,15-18,21-23,26,30H,2-8,13-14,19-20H2,1H3/p+1/t23-,26-/m0/s1. The van der Waals surface area contributed by atoms with E-state index in [0.29, 0.717) is 6.42 Å². The molecule has 0 saturated heterocycles. The number of nitrogens with zero attached hydrogens (tertiary/aromatic N) is 1. The Labute approximate surface area is 182 Å². The quantitative estimate of drug-likeness (QED) is 0.316. The number of hydrogen-bond donors (Lipinski definition) is 2. The molecule has 0 radical (unpaired) electrons. The average Bonchev–Trinajstić information content (AvgIpc) is 2.78. The number of carbonyl (C=O) groups excluding carboxylic acids is 1. The third kappa shape index (κ3) is 10.0. The van der Waals surface area contributed by atoms with Crippen LogP contribution < -0.4 is 9.88 Å². The molecule has 2 aromatic rings. The van der Waals surface area contributed by atoms with Crippen LogP contribution in [0, 0.1) is 0 Å². The number of hydrogen-bond acceptors (Lipinski definition) is 2. The molecule has 30 heavy (non-hydrogen) atoms. The molecule has 164 valence electrons. The van der Waals surface area contributed by atoms with Gasteiger partial charge in [-0.2, -0.15) is 0 Å². The third-order valence-electron chi connectivity index (χ3n) is 5.60. The van der Waals surface area contributed by atoms with Crippen LogP contribution in [0.2, 0.25) is 0 Å².